The van der Waals surface area contributed by atoms with E-state index in [-0.39, 0.29) is 0 Å². The maximum atomic E-state index is 5.42. The van der Waals surface area contributed by atoms with E-state index in [0.717, 1.165) is 61.5 Å². The van der Waals surface area contributed by atoms with Gasteiger partial charge in [0.05, 0.1) is 16.7 Å². The number of nitrogens with zero attached hydrogens (tertiary/aromatic N) is 5. The number of hydrogen-bond donors (Lipinski definition) is 0. The third kappa shape index (κ3) is 6.86. The fourth-order valence-corrected chi connectivity index (χ4v) is 10.8. The van der Waals surface area contributed by atoms with Crippen molar-refractivity contribution < 1.29 is 0 Å². The average Bonchev–Trinajstić information content (AvgIpc) is 3.97. The molecule has 13 aromatic rings. The minimum absolute atomic E-state index is 0.551. The summed E-state index contributed by atoms with van der Waals surface area (Å²) >= 11 is 1.83. The molecule has 0 atom stereocenters. The van der Waals surface area contributed by atoms with Gasteiger partial charge in [0.15, 0.2) is 17.5 Å². The van der Waals surface area contributed by atoms with E-state index in [1.165, 1.54) is 47.5 Å². The number of benzene rings is 9. The van der Waals surface area contributed by atoms with Crippen LogP contribution < -0.4 is 0 Å². The van der Waals surface area contributed by atoms with Crippen LogP contribution in [0.2, 0.25) is 0 Å². The Morgan fingerprint density at radius 2 is 0.868 bits per heavy atom. The zero-order valence-electron chi connectivity index (χ0n) is 36.7. The average molecular weight is 886 g/mol. The molecule has 0 saturated carbocycles. The first kappa shape index (κ1) is 39.5. The minimum atomic E-state index is 0.551. The molecular weight excluding hydrogens is 847 g/mol. The third-order valence-corrected chi connectivity index (χ3v) is 14.0. The lowest BCUT2D eigenvalue weighted by Gasteiger charge is -2.15. The van der Waals surface area contributed by atoms with Crippen LogP contribution in [-0.4, -0.2) is 24.5 Å². The molecule has 0 bridgehead atoms. The second-order valence-electron chi connectivity index (χ2n) is 17.0. The molecule has 5 nitrogen and oxygen atoms in total. The number of para-hydroxylation sites is 2. The molecule has 9 aromatic carbocycles. The number of thiophene rings is 1. The van der Waals surface area contributed by atoms with Crippen molar-refractivity contribution >= 4 is 53.3 Å². The van der Waals surface area contributed by atoms with E-state index >= 15 is 0 Å². The Balaban J connectivity index is 1.06. The molecule has 318 valence electrons. The van der Waals surface area contributed by atoms with Gasteiger partial charge in [0.25, 0.3) is 0 Å². The molecule has 13 rings (SSSR count). The Bertz CT molecular complexity index is 3940. The van der Waals surface area contributed by atoms with Gasteiger partial charge in [-0.1, -0.05) is 176 Å². The van der Waals surface area contributed by atoms with E-state index in [4.69, 9.17) is 19.9 Å². The summed E-state index contributed by atoms with van der Waals surface area (Å²) in [5.74, 6) is 1.75. The van der Waals surface area contributed by atoms with Crippen molar-refractivity contribution in [2.75, 3.05) is 0 Å². The van der Waals surface area contributed by atoms with Crippen molar-refractivity contribution in [2.24, 2.45) is 0 Å². The van der Waals surface area contributed by atoms with Gasteiger partial charge < -0.3 is 4.57 Å². The summed E-state index contributed by atoms with van der Waals surface area (Å²) in [5, 5.41) is 4.92. The quantitative estimate of drug-likeness (QED) is 0.153. The monoisotopic (exact) mass is 885 g/mol. The normalized spacial score (nSPS) is 11.5. The molecule has 0 fully saturated rings. The topological polar surface area (TPSA) is 56.5 Å². The van der Waals surface area contributed by atoms with Gasteiger partial charge in [0, 0.05) is 70.6 Å². The second kappa shape index (κ2) is 16.5. The molecule has 0 amide bonds. The van der Waals surface area contributed by atoms with Crippen LogP contribution in [0.15, 0.2) is 237 Å². The van der Waals surface area contributed by atoms with Crippen molar-refractivity contribution in [1.29, 1.82) is 0 Å². The van der Waals surface area contributed by atoms with Crippen LogP contribution in [0.3, 0.4) is 0 Å². The van der Waals surface area contributed by atoms with Gasteiger partial charge in [-0.3, -0.25) is 4.98 Å². The summed E-state index contributed by atoms with van der Waals surface area (Å²) in [6.07, 6.45) is 2.00. The molecule has 0 radical (unpaired) electrons. The zero-order chi connectivity index (χ0) is 45.0. The molecule has 0 aliphatic carbocycles. The first-order valence-corrected chi connectivity index (χ1v) is 23.6. The van der Waals surface area contributed by atoms with E-state index in [0.29, 0.717) is 17.5 Å². The van der Waals surface area contributed by atoms with Crippen LogP contribution >= 0.6 is 11.3 Å². The predicted molar refractivity (Wildman–Crippen MR) is 283 cm³/mol. The summed E-state index contributed by atoms with van der Waals surface area (Å²) in [6, 6.07) is 81.2. The molecule has 0 N–H and O–H groups in total. The molecular formula is C62H39N5S. The Labute approximate surface area is 397 Å². The van der Waals surface area contributed by atoms with Crippen LogP contribution in [0.5, 0.6) is 0 Å². The van der Waals surface area contributed by atoms with Gasteiger partial charge in [0.2, 0.25) is 0 Å². The molecule has 68 heavy (non-hydrogen) atoms. The Morgan fingerprint density at radius 3 is 1.54 bits per heavy atom. The molecule has 6 heteroatoms. The van der Waals surface area contributed by atoms with E-state index < -0.39 is 0 Å². The zero-order valence-corrected chi connectivity index (χ0v) is 37.5. The summed E-state index contributed by atoms with van der Waals surface area (Å²) in [6.45, 7) is 0. The molecule has 0 saturated heterocycles. The molecule has 4 heterocycles. The largest absolute Gasteiger partial charge is 0.309 e. The fraction of sp³-hybridized carbons (Fsp3) is 0. The van der Waals surface area contributed by atoms with E-state index in [1.807, 2.05) is 78.2 Å². The summed E-state index contributed by atoms with van der Waals surface area (Å²) in [7, 11) is 0. The van der Waals surface area contributed by atoms with Gasteiger partial charge in [0.1, 0.15) is 0 Å². The van der Waals surface area contributed by atoms with Crippen molar-refractivity contribution in [2.45, 2.75) is 0 Å². The van der Waals surface area contributed by atoms with Crippen molar-refractivity contribution in [3.63, 3.8) is 0 Å². The highest BCUT2D eigenvalue weighted by Crippen LogP contribution is 2.46. The van der Waals surface area contributed by atoms with Gasteiger partial charge in [-0.25, -0.2) is 15.0 Å². The van der Waals surface area contributed by atoms with Crippen molar-refractivity contribution in [1.82, 2.24) is 24.5 Å². The maximum absolute atomic E-state index is 5.42. The summed E-state index contributed by atoms with van der Waals surface area (Å²) < 4.78 is 4.85. The van der Waals surface area contributed by atoms with Crippen molar-refractivity contribution in [3.8, 4) is 84.5 Å². The van der Waals surface area contributed by atoms with Crippen molar-refractivity contribution in [3.05, 3.63) is 237 Å². The van der Waals surface area contributed by atoms with E-state index in [1.54, 1.807) is 0 Å². The lowest BCUT2D eigenvalue weighted by molar-refractivity contribution is 1.07. The lowest BCUT2D eigenvalue weighted by Crippen LogP contribution is -2.02. The van der Waals surface area contributed by atoms with Crippen LogP contribution in [0, 0.1) is 0 Å². The van der Waals surface area contributed by atoms with E-state index in [2.05, 4.69) is 174 Å². The van der Waals surface area contributed by atoms with Gasteiger partial charge in [-0.05, 0) is 82.4 Å². The summed E-state index contributed by atoms with van der Waals surface area (Å²) in [4.78, 5) is 21.1. The standard InChI is InChI=1S/C62H39N5S/c1-6-18-40(19-7-1)48-32-30-44(36-50(48)41-20-8-2-9-21-41)46-38-52(62-65-60(42-22-10-3-11-23-42)64-61(66-62)43-24-12-4-13-25-43)59(63-39-46)45-31-34-55-51(37-45)58-56(68-55)35-33-54-57(58)49-28-16-17-29-53(49)67(54)47-26-14-5-15-27-47/h1-39H. The van der Waals surface area contributed by atoms with Crippen LogP contribution in [-0.2, 0) is 0 Å². The van der Waals surface area contributed by atoms with Crippen LogP contribution in [0.4, 0.5) is 0 Å². The molecule has 0 aliphatic heterocycles. The number of hydrogen-bond acceptors (Lipinski definition) is 5. The lowest BCUT2D eigenvalue weighted by atomic mass is 9.91. The smallest absolute Gasteiger partial charge is 0.166 e. The van der Waals surface area contributed by atoms with E-state index in [9.17, 15) is 0 Å². The third-order valence-electron chi connectivity index (χ3n) is 12.9. The Morgan fingerprint density at radius 1 is 0.324 bits per heavy atom. The predicted octanol–water partition coefficient (Wildman–Crippen LogP) is 16.4. The Hall–Kier alpha value is -8.84. The number of aromatic nitrogens is 5. The van der Waals surface area contributed by atoms with Gasteiger partial charge in [-0.15, -0.1) is 11.3 Å². The Kier molecular flexibility index (Phi) is 9.62. The minimum Gasteiger partial charge on any atom is -0.309 e. The first-order valence-electron chi connectivity index (χ1n) is 22.8. The molecule has 0 spiro atoms. The highest BCUT2D eigenvalue weighted by molar-refractivity contribution is 7.26. The highest BCUT2D eigenvalue weighted by Gasteiger charge is 2.22. The SMILES string of the molecule is c1ccc(-c2nc(-c3ccccc3)nc(-c3cc(-c4ccc(-c5ccccc5)c(-c5ccccc5)c4)cnc3-c3ccc4sc5ccc6c(c7ccccc7n6-c6ccccc6)c5c4c3)n2)cc1. The summed E-state index contributed by atoms with van der Waals surface area (Å²) in [5.41, 5.74) is 14.5. The molecule has 0 unspecified atom stereocenters. The van der Waals surface area contributed by atoms with Gasteiger partial charge in [-0.2, -0.15) is 0 Å². The van der Waals surface area contributed by atoms with Crippen LogP contribution in [0.1, 0.15) is 0 Å². The highest BCUT2D eigenvalue weighted by atomic mass is 32.1. The maximum Gasteiger partial charge on any atom is 0.166 e. The number of rotatable bonds is 8. The first-order chi connectivity index (χ1) is 33.7. The number of fused-ring (bicyclic) bond motifs is 7. The number of pyridine rings is 1. The molecule has 0 aliphatic rings. The fourth-order valence-electron chi connectivity index (χ4n) is 9.73. The van der Waals surface area contributed by atoms with Gasteiger partial charge >= 0.3 is 0 Å². The molecule has 4 aromatic heterocycles. The van der Waals surface area contributed by atoms with Crippen LogP contribution in [0.25, 0.3) is 126 Å². The second-order valence-corrected chi connectivity index (χ2v) is 18.1.